The molecule has 1 aliphatic heterocycles. The van der Waals surface area contributed by atoms with Gasteiger partial charge < -0.3 is 10.2 Å². The van der Waals surface area contributed by atoms with Crippen molar-refractivity contribution in [3.05, 3.63) is 35.4 Å². The number of carbonyl (C=O) groups excluding carboxylic acids is 1. The molecular formula is C18H28N2O. The van der Waals surface area contributed by atoms with Crippen molar-refractivity contribution in [3.8, 4) is 0 Å². The lowest BCUT2D eigenvalue weighted by Gasteiger charge is -2.24. The number of hydrogen-bond acceptors (Lipinski definition) is 2. The molecule has 0 aromatic heterocycles. The van der Waals surface area contributed by atoms with Crippen LogP contribution >= 0.6 is 0 Å². The van der Waals surface area contributed by atoms with Crippen LogP contribution in [-0.4, -0.2) is 37.5 Å². The molecule has 1 fully saturated rings. The second-order valence-electron chi connectivity index (χ2n) is 7.15. The highest BCUT2D eigenvalue weighted by Crippen LogP contribution is 2.27. The molecule has 0 aliphatic carbocycles. The summed E-state index contributed by atoms with van der Waals surface area (Å²) in [7, 11) is 2.14. The van der Waals surface area contributed by atoms with E-state index in [4.69, 9.17) is 0 Å². The van der Waals surface area contributed by atoms with Gasteiger partial charge in [-0.2, -0.15) is 0 Å². The summed E-state index contributed by atoms with van der Waals surface area (Å²) in [4.78, 5) is 14.4. The molecule has 3 nitrogen and oxygen atoms in total. The summed E-state index contributed by atoms with van der Waals surface area (Å²) in [5.74, 6) is 0.662. The number of amides is 1. The van der Waals surface area contributed by atoms with Crippen LogP contribution in [0.4, 0.5) is 0 Å². The molecule has 1 amide bonds. The molecule has 1 saturated heterocycles. The van der Waals surface area contributed by atoms with Crippen molar-refractivity contribution < 1.29 is 4.79 Å². The molecule has 1 heterocycles. The second kappa shape index (κ2) is 6.61. The molecule has 1 atom stereocenters. The van der Waals surface area contributed by atoms with Crippen molar-refractivity contribution >= 4 is 5.91 Å². The van der Waals surface area contributed by atoms with Crippen molar-refractivity contribution in [2.24, 2.45) is 5.41 Å². The highest BCUT2D eigenvalue weighted by atomic mass is 16.1. The molecule has 0 bridgehead atoms. The zero-order valence-corrected chi connectivity index (χ0v) is 13.8. The molecule has 1 aliphatic rings. The lowest BCUT2D eigenvalue weighted by molar-refractivity contribution is -0.120. The maximum Gasteiger partial charge on any atom is 0.224 e. The third-order valence-electron chi connectivity index (χ3n) is 4.47. The minimum absolute atomic E-state index is 0.128. The Hall–Kier alpha value is -1.35. The Kier molecular flexibility index (Phi) is 5.04. The van der Waals surface area contributed by atoms with Gasteiger partial charge in [-0.25, -0.2) is 0 Å². The molecule has 3 heteroatoms. The molecule has 0 radical (unpaired) electrons. The number of hydrogen-bond donors (Lipinski definition) is 1. The van der Waals surface area contributed by atoms with Crippen molar-refractivity contribution in [1.82, 2.24) is 10.2 Å². The number of benzene rings is 1. The number of rotatable bonds is 5. The normalized spacial score (nSPS) is 22.7. The first-order valence-corrected chi connectivity index (χ1v) is 7.92. The molecule has 2 rings (SSSR count). The fraction of sp³-hybridized carbons (Fsp3) is 0.611. The summed E-state index contributed by atoms with van der Waals surface area (Å²) in [6.07, 6.45) is 1.64. The highest BCUT2D eigenvalue weighted by Gasteiger charge is 2.32. The SMILES string of the molecule is CC(C)c1ccc(CC(=O)NCC2(C)CCN(C)C2)cc1. The average molecular weight is 288 g/mol. The second-order valence-corrected chi connectivity index (χ2v) is 7.15. The van der Waals surface area contributed by atoms with Crippen LogP contribution in [0, 0.1) is 5.41 Å². The minimum Gasteiger partial charge on any atom is -0.355 e. The largest absolute Gasteiger partial charge is 0.355 e. The van der Waals surface area contributed by atoms with Crippen LogP contribution in [0.25, 0.3) is 0 Å². The molecular weight excluding hydrogens is 260 g/mol. The van der Waals surface area contributed by atoms with E-state index in [1.165, 1.54) is 5.56 Å². The van der Waals surface area contributed by atoms with E-state index in [9.17, 15) is 4.79 Å². The molecule has 21 heavy (non-hydrogen) atoms. The molecule has 1 aromatic rings. The first-order chi connectivity index (χ1) is 9.88. The van der Waals surface area contributed by atoms with Gasteiger partial charge in [-0.1, -0.05) is 45.0 Å². The summed E-state index contributed by atoms with van der Waals surface area (Å²) in [6.45, 7) is 9.59. The number of carbonyl (C=O) groups is 1. The maximum atomic E-state index is 12.1. The van der Waals surface area contributed by atoms with E-state index in [1.807, 2.05) is 0 Å². The van der Waals surface area contributed by atoms with E-state index in [0.717, 1.165) is 31.6 Å². The van der Waals surface area contributed by atoms with Crippen molar-refractivity contribution in [2.45, 2.75) is 39.5 Å². The van der Waals surface area contributed by atoms with E-state index in [1.54, 1.807) is 0 Å². The summed E-state index contributed by atoms with van der Waals surface area (Å²) < 4.78 is 0. The van der Waals surface area contributed by atoms with E-state index in [2.05, 4.69) is 62.3 Å². The van der Waals surface area contributed by atoms with Crippen LogP contribution in [0.15, 0.2) is 24.3 Å². The van der Waals surface area contributed by atoms with Crippen molar-refractivity contribution in [3.63, 3.8) is 0 Å². The quantitative estimate of drug-likeness (QED) is 0.903. The van der Waals surface area contributed by atoms with Crippen molar-refractivity contribution in [1.29, 1.82) is 0 Å². The van der Waals surface area contributed by atoms with Gasteiger partial charge in [-0.15, -0.1) is 0 Å². The first-order valence-electron chi connectivity index (χ1n) is 7.92. The predicted molar refractivity (Wildman–Crippen MR) is 87.5 cm³/mol. The summed E-state index contributed by atoms with van der Waals surface area (Å²) in [5.41, 5.74) is 2.64. The Bertz CT molecular complexity index is 480. The Morgan fingerprint density at radius 2 is 2.00 bits per heavy atom. The molecule has 1 N–H and O–H groups in total. The summed E-state index contributed by atoms with van der Waals surface area (Å²) in [6, 6.07) is 8.39. The minimum atomic E-state index is 0.128. The fourth-order valence-corrected chi connectivity index (χ4v) is 3.00. The Labute approximate surface area is 128 Å². The van der Waals surface area contributed by atoms with Crippen LogP contribution in [0.2, 0.25) is 0 Å². The molecule has 1 unspecified atom stereocenters. The van der Waals surface area contributed by atoms with Gasteiger partial charge in [0, 0.05) is 13.1 Å². The Morgan fingerprint density at radius 3 is 2.52 bits per heavy atom. The smallest absolute Gasteiger partial charge is 0.224 e. The van der Waals surface area contributed by atoms with Crippen LogP contribution < -0.4 is 5.32 Å². The van der Waals surface area contributed by atoms with Crippen LogP contribution in [0.3, 0.4) is 0 Å². The number of nitrogens with one attached hydrogen (secondary N) is 1. The van der Waals surface area contributed by atoms with Gasteiger partial charge in [0.1, 0.15) is 0 Å². The Morgan fingerprint density at radius 1 is 1.33 bits per heavy atom. The fourth-order valence-electron chi connectivity index (χ4n) is 3.00. The zero-order chi connectivity index (χ0) is 15.5. The Balaban J connectivity index is 1.82. The average Bonchev–Trinajstić information content (AvgIpc) is 2.77. The molecule has 0 spiro atoms. The third kappa shape index (κ3) is 4.57. The topological polar surface area (TPSA) is 32.3 Å². The predicted octanol–water partition coefficient (Wildman–Crippen LogP) is 2.81. The van der Waals surface area contributed by atoms with E-state index >= 15 is 0 Å². The van der Waals surface area contributed by atoms with Gasteiger partial charge in [0.2, 0.25) is 5.91 Å². The maximum absolute atomic E-state index is 12.1. The van der Waals surface area contributed by atoms with Crippen molar-refractivity contribution in [2.75, 3.05) is 26.7 Å². The number of likely N-dealkylation sites (tertiary alicyclic amines) is 1. The van der Waals surface area contributed by atoms with E-state index in [-0.39, 0.29) is 11.3 Å². The summed E-state index contributed by atoms with van der Waals surface area (Å²) in [5, 5.41) is 3.11. The van der Waals surface area contributed by atoms with Gasteiger partial charge in [0.15, 0.2) is 0 Å². The molecule has 1 aromatic carbocycles. The standard InChI is InChI=1S/C18H28N2O/c1-14(2)16-7-5-15(6-8-16)11-17(21)19-12-18(3)9-10-20(4)13-18/h5-8,14H,9-13H2,1-4H3,(H,19,21). The molecule has 0 saturated carbocycles. The first kappa shape index (κ1) is 16.0. The van der Waals surface area contributed by atoms with Gasteiger partial charge in [0.05, 0.1) is 6.42 Å². The van der Waals surface area contributed by atoms with E-state index < -0.39 is 0 Å². The van der Waals surface area contributed by atoms with Crippen LogP contribution in [0.5, 0.6) is 0 Å². The van der Waals surface area contributed by atoms with Crippen LogP contribution in [0.1, 0.15) is 44.2 Å². The van der Waals surface area contributed by atoms with Crippen LogP contribution in [-0.2, 0) is 11.2 Å². The van der Waals surface area contributed by atoms with Gasteiger partial charge in [-0.3, -0.25) is 4.79 Å². The molecule has 116 valence electrons. The van der Waals surface area contributed by atoms with Gasteiger partial charge in [-0.05, 0) is 42.5 Å². The monoisotopic (exact) mass is 288 g/mol. The van der Waals surface area contributed by atoms with E-state index in [0.29, 0.717) is 12.3 Å². The number of nitrogens with zero attached hydrogens (tertiary/aromatic N) is 1. The summed E-state index contributed by atoms with van der Waals surface area (Å²) >= 11 is 0. The highest BCUT2D eigenvalue weighted by molar-refractivity contribution is 5.78. The zero-order valence-electron chi connectivity index (χ0n) is 13.8. The lowest BCUT2D eigenvalue weighted by atomic mass is 9.90. The lowest BCUT2D eigenvalue weighted by Crippen LogP contribution is -2.37. The van der Waals surface area contributed by atoms with Gasteiger partial charge in [0.25, 0.3) is 0 Å². The third-order valence-corrected chi connectivity index (χ3v) is 4.47. The van der Waals surface area contributed by atoms with Gasteiger partial charge >= 0.3 is 0 Å².